The van der Waals surface area contributed by atoms with Crippen molar-refractivity contribution in [3.8, 4) is 0 Å². The highest BCUT2D eigenvalue weighted by Gasteiger charge is 1.95. The topological polar surface area (TPSA) is 35.2 Å². The first-order valence-corrected chi connectivity index (χ1v) is 6.48. The van der Waals surface area contributed by atoms with Gasteiger partial charge in [-0.1, -0.05) is 49.4 Å². The number of methoxy groups -OCH3 is 1. The quantitative estimate of drug-likeness (QED) is 0.838. The maximum atomic E-state index is 5.05. The van der Waals surface area contributed by atoms with E-state index >= 15 is 0 Å². The lowest BCUT2D eigenvalue weighted by atomic mass is 10.0. The Kier molecular flexibility index (Phi) is 7.07. The number of hydrogen-bond donors (Lipinski definition) is 1. The van der Waals surface area contributed by atoms with Gasteiger partial charge in [-0.2, -0.15) is 0 Å². The van der Waals surface area contributed by atoms with Crippen LogP contribution >= 0.6 is 0 Å². The van der Waals surface area contributed by atoms with E-state index in [2.05, 4.69) is 42.5 Å². The van der Waals surface area contributed by atoms with Gasteiger partial charge in [-0.15, -0.1) is 0 Å². The molecule has 2 N–H and O–H groups in total. The highest BCUT2D eigenvalue weighted by atomic mass is 16.5. The van der Waals surface area contributed by atoms with Gasteiger partial charge in [0.1, 0.15) is 0 Å². The van der Waals surface area contributed by atoms with Crippen LogP contribution in [0.3, 0.4) is 0 Å². The van der Waals surface area contributed by atoms with Crippen molar-refractivity contribution < 1.29 is 4.74 Å². The fourth-order valence-electron chi connectivity index (χ4n) is 1.81. The largest absolute Gasteiger partial charge is 0.385 e. The van der Waals surface area contributed by atoms with Gasteiger partial charge < -0.3 is 10.5 Å². The Morgan fingerprint density at radius 1 is 1.06 bits per heavy atom. The minimum absolute atomic E-state index is 0.750. The first-order chi connectivity index (χ1) is 8.81. The van der Waals surface area contributed by atoms with Gasteiger partial charge in [0.05, 0.1) is 0 Å². The second kappa shape index (κ2) is 8.67. The van der Waals surface area contributed by atoms with Crippen molar-refractivity contribution in [1.29, 1.82) is 0 Å². The van der Waals surface area contributed by atoms with Gasteiger partial charge in [-0.3, -0.25) is 0 Å². The molecule has 2 rings (SSSR count). The van der Waals surface area contributed by atoms with E-state index in [1.165, 1.54) is 16.3 Å². The van der Waals surface area contributed by atoms with Crippen LogP contribution in [-0.4, -0.2) is 20.3 Å². The number of rotatable bonds is 4. The molecule has 0 aliphatic heterocycles. The van der Waals surface area contributed by atoms with E-state index in [0.717, 1.165) is 26.0 Å². The highest BCUT2D eigenvalue weighted by molar-refractivity contribution is 5.82. The summed E-state index contributed by atoms with van der Waals surface area (Å²) in [6.07, 6.45) is 2.19. The zero-order valence-corrected chi connectivity index (χ0v) is 11.4. The number of ether oxygens (including phenoxy) is 1. The van der Waals surface area contributed by atoms with E-state index < -0.39 is 0 Å². The standard InChI is InChI=1S/C14H16O.C2H7N/c1-15-10-4-5-12-8-9-13-6-2-3-7-14(13)11-12;1-2-3/h2-3,6-9,11H,4-5,10H2,1H3;2-3H2,1H3. The third-order valence-corrected chi connectivity index (χ3v) is 2.63. The van der Waals surface area contributed by atoms with Crippen LogP contribution in [0.4, 0.5) is 0 Å². The lowest BCUT2D eigenvalue weighted by Crippen LogP contribution is -1.92. The Bertz CT molecular complexity index is 454. The average Bonchev–Trinajstić information content (AvgIpc) is 2.40. The van der Waals surface area contributed by atoms with Gasteiger partial charge in [0, 0.05) is 13.7 Å². The summed E-state index contributed by atoms with van der Waals surface area (Å²) in [5.74, 6) is 0. The van der Waals surface area contributed by atoms with E-state index in [0.29, 0.717) is 0 Å². The molecule has 0 atom stereocenters. The molecule has 2 nitrogen and oxygen atoms in total. The Hall–Kier alpha value is -1.38. The molecule has 0 bridgehead atoms. The average molecular weight is 245 g/mol. The van der Waals surface area contributed by atoms with Crippen molar-refractivity contribution in [2.45, 2.75) is 19.8 Å². The van der Waals surface area contributed by atoms with Crippen LogP contribution in [0.15, 0.2) is 42.5 Å². The van der Waals surface area contributed by atoms with Crippen molar-refractivity contribution in [2.24, 2.45) is 5.73 Å². The Morgan fingerprint density at radius 2 is 1.72 bits per heavy atom. The van der Waals surface area contributed by atoms with Crippen molar-refractivity contribution in [1.82, 2.24) is 0 Å². The Labute approximate surface area is 110 Å². The molecular formula is C16H23NO. The molecule has 0 saturated carbocycles. The molecule has 18 heavy (non-hydrogen) atoms. The molecule has 0 heterocycles. The summed E-state index contributed by atoms with van der Waals surface area (Å²) >= 11 is 0. The van der Waals surface area contributed by atoms with E-state index in [4.69, 9.17) is 10.5 Å². The van der Waals surface area contributed by atoms with Crippen molar-refractivity contribution in [3.63, 3.8) is 0 Å². The van der Waals surface area contributed by atoms with Gasteiger partial charge >= 0.3 is 0 Å². The number of aryl methyl sites for hydroxylation is 1. The molecule has 2 aromatic rings. The predicted octanol–water partition coefficient (Wildman–Crippen LogP) is 3.38. The van der Waals surface area contributed by atoms with Crippen molar-refractivity contribution >= 4 is 10.8 Å². The monoisotopic (exact) mass is 245 g/mol. The number of hydrogen-bond acceptors (Lipinski definition) is 2. The highest BCUT2D eigenvalue weighted by Crippen LogP contribution is 2.16. The molecule has 0 unspecified atom stereocenters. The second-order valence-corrected chi connectivity index (χ2v) is 4.19. The first kappa shape index (κ1) is 14.7. The van der Waals surface area contributed by atoms with Crippen LogP contribution in [0.1, 0.15) is 18.9 Å². The molecule has 0 amide bonds. The van der Waals surface area contributed by atoms with Gasteiger partial charge in [0.25, 0.3) is 0 Å². The summed E-state index contributed by atoms with van der Waals surface area (Å²) in [5, 5.41) is 2.64. The van der Waals surface area contributed by atoms with Crippen LogP contribution in [0.2, 0.25) is 0 Å². The van der Waals surface area contributed by atoms with E-state index in [-0.39, 0.29) is 0 Å². The van der Waals surface area contributed by atoms with E-state index in [1.807, 2.05) is 6.92 Å². The summed E-state index contributed by atoms with van der Waals surface area (Å²) in [4.78, 5) is 0. The molecule has 98 valence electrons. The zero-order chi connectivity index (χ0) is 13.2. The van der Waals surface area contributed by atoms with Crippen LogP contribution in [0.5, 0.6) is 0 Å². The smallest absolute Gasteiger partial charge is 0.0465 e. The van der Waals surface area contributed by atoms with E-state index in [9.17, 15) is 0 Å². The first-order valence-electron chi connectivity index (χ1n) is 6.48. The van der Waals surface area contributed by atoms with Crippen LogP contribution in [0, 0.1) is 0 Å². The normalized spacial score (nSPS) is 9.94. The fourth-order valence-corrected chi connectivity index (χ4v) is 1.81. The lowest BCUT2D eigenvalue weighted by Gasteiger charge is -2.03. The molecular weight excluding hydrogens is 222 g/mol. The van der Waals surface area contributed by atoms with Gasteiger partial charge in [-0.05, 0) is 35.7 Å². The molecule has 0 radical (unpaired) electrons. The van der Waals surface area contributed by atoms with Crippen molar-refractivity contribution in [3.05, 3.63) is 48.0 Å². The van der Waals surface area contributed by atoms with Crippen molar-refractivity contribution in [2.75, 3.05) is 20.3 Å². The summed E-state index contributed by atoms with van der Waals surface area (Å²) in [5.41, 5.74) is 6.24. The molecule has 0 saturated heterocycles. The molecule has 0 fully saturated rings. The van der Waals surface area contributed by atoms with Crippen LogP contribution in [-0.2, 0) is 11.2 Å². The summed E-state index contributed by atoms with van der Waals surface area (Å²) in [7, 11) is 1.75. The molecule has 2 heteroatoms. The summed E-state index contributed by atoms with van der Waals surface area (Å²) < 4.78 is 5.05. The lowest BCUT2D eigenvalue weighted by molar-refractivity contribution is 0.195. The number of fused-ring (bicyclic) bond motifs is 1. The molecule has 0 spiro atoms. The molecule has 0 aliphatic carbocycles. The molecule has 0 aromatic heterocycles. The van der Waals surface area contributed by atoms with E-state index in [1.54, 1.807) is 7.11 Å². The predicted molar refractivity (Wildman–Crippen MR) is 78.9 cm³/mol. The molecule has 2 aromatic carbocycles. The maximum absolute atomic E-state index is 5.05. The van der Waals surface area contributed by atoms with Gasteiger partial charge in [0.2, 0.25) is 0 Å². The third kappa shape index (κ3) is 4.86. The maximum Gasteiger partial charge on any atom is 0.0465 e. The minimum Gasteiger partial charge on any atom is -0.385 e. The SMILES string of the molecule is CCN.COCCCc1ccc2ccccc2c1. The minimum atomic E-state index is 0.750. The zero-order valence-electron chi connectivity index (χ0n) is 11.4. The number of nitrogens with two attached hydrogens (primary N) is 1. The summed E-state index contributed by atoms with van der Waals surface area (Å²) in [6, 6.07) is 15.1. The van der Waals surface area contributed by atoms with Crippen LogP contribution < -0.4 is 5.73 Å². The summed E-state index contributed by atoms with van der Waals surface area (Å²) in [6.45, 7) is 3.49. The number of benzene rings is 2. The Morgan fingerprint density at radius 3 is 2.39 bits per heavy atom. The Balaban J connectivity index is 0.000000492. The second-order valence-electron chi connectivity index (χ2n) is 4.19. The van der Waals surface area contributed by atoms with Crippen LogP contribution in [0.25, 0.3) is 10.8 Å². The fraction of sp³-hybridized carbons (Fsp3) is 0.375. The van der Waals surface area contributed by atoms with Gasteiger partial charge in [0.15, 0.2) is 0 Å². The third-order valence-electron chi connectivity index (χ3n) is 2.63. The van der Waals surface area contributed by atoms with Gasteiger partial charge in [-0.25, -0.2) is 0 Å². The molecule has 0 aliphatic rings.